The fourth-order valence-corrected chi connectivity index (χ4v) is 3.44. The molecule has 0 N–H and O–H groups in total. The number of anilines is 1. The Morgan fingerprint density at radius 2 is 2.00 bits per heavy atom. The molecule has 1 aliphatic rings. The third-order valence-electron chi connectivity index (χ3n) is 2.91. The molecule has 6 heteroatoms. The number of ether oxygens (including phenoxy) is 1. The molecular formula is C13H12N2O3S. The van der Waals surface area contributed by atoms with Crippen LogP contribution in [-0.4, -0.2) is 26.6 Å². The Bertz CT molecular complexity index is 686. The molecule has 0 atom stereocenters. The molecule has 1 aromatic carbocycles. The van der Waals surface area contributed by atoms with E-state index in [2.05, 4.69) is 4.98 Å². The average Bonchev–Trinajstić information content (AvgIpc) is 2.47. The molecule has 3 rings (SSSR count). The van der Waals surface area contributed by atoms with E-state index in [0.717, 1.165) is 0 Å². The van der Waals surface area contributed by atoms with E-state index in [0.29, 0.717) is 24.6 Å². The number of nitrogens with zero attached hydrogens (tertiary/aromatic N) is 2. The number of sulfonamides is 1. The van der Waals surface area contributed by atoms with Gasteiger partial charge in [0, 0.05) is 12.4 Å². The first-order valence-electron chi connectivity index (χ1n) is 5.84. The third kappa shape index (κ3) is 2.04. The van der Waals surface area contributed by atoms with Crippen LogP contribution < -0.4 is 9.04 Å². The van der Waals surface area contributed by atoms with Crippen molar-refractivity contribution in [1.29, 1.82) is 0 Å². The molecule has 0 bridgehead atoms. The van der Waals surface area contributed by atoms with Crippen LogP contribution >= 0.6 is 0 Å². The predicted molar refractivity (Wildman–Crippen MR) is 70.7 cm³/mol. The minimum absolute atomic E-state index is 0.187. The van der Waals surface area contributed by atoms with Gasteiger partial charge in [0.2, 0.25) is 0 Å². The van der Waals surface area contributed by atoms with Crippen LogP contribution in [0.5, 0.6) is 5.75 Å². The molecular weight excluding hydrogens is 264 g/mol. The molecule has 0 spiro atoms. The largest absolute Gasteiger partial charge is 0.489 e. The molecule has 0 radical (unpaired) electrons. The molecule has 19 heavy (non-hydrogen) atoms. The quantitative estimate of drug-likeness (QED) is 0.837. The summed E-state index contributed by atoms with van der Waals surface area (Å²) >= 11 is 0. The lowest BCUT2D eigenvalue weighted by Crippen LogP contribution is -2.37. The summed E-state index contributed by atoms with van der Waals surface area (Å²) in [4.78, 5) is 4.05. The summed E-state index contributed by atoms with van der Waals surface area (Å²) < 4.78 is 32.0. The van der Waals surface area contributed by atoms with Gasteiger partial charge in [-0.3, -0.25) is 9.29 Å². The first-order chi connectivity index (χ1) is 9.19. The zero-order chi connectivity index (χ0) is 13.3. The third-order valence-corrected chi connectivity index (χ3v) is 4.71. The van der Waals surface area contributed by atoms with E-state index >= 15 is 0 Å². The second-order valence-electron chi connectivity index (χ2n) is 4.08. The number of rotatable bonds is 2. The van der Waals surface area contributed by atoms with Gasteiger partial charge in [0.1, 0.15) is 17.3 Å². The maximum atomic E-state index is 12.6. The summed E-state index contributed by atoms with van der Waals surface area (Å²) in [5.74, 6) is 0.584. The maximum absolute atomic E-state index is 12.6. The number of para-hydroxylation sites is 2. The summed E-state index contributed by atoms with van der Waals surface area (Å²) in [5.41, 5.74) is 0.567. The van der Waals surface area contributed by atoms with Gasteiger partial charge in [-0.1, -0.05) is 12.1 Å². The van der Waals surface area contributed by atoms with Gasteiger partial charge in [0.15, 0.2) is 0 Å². The number of pyridine rings is 1. The van der Waals surface area contributed by atoms with Gasteiger partial charge in [-0.25, -0.2) is 8.42 Å². The lowest BCUT2D eigenvalue weighted by atomic mass is 10.2. The highest BCUT2D eigenvalue weighted by Gasteiger charge is 2.29. The van der Waals surface area contributed by atoms with Crippen molar-refractivity contribution in [3.63, 3.8) is 0 Å². The van der Waals surface area contributed by atoms with Crippen molar-refractivity contribution in [2.75, 3.05) is 17.5 Å². The second kappa shape index (κ2) is 4.55. The highest BCUT2D eigenvalue weighted by molar-refractivity contribution is 7.92. The molecule has 0 aliphatic carbocycles. The molecule has 2 aromatic rings. The fraction of sp³-hybridized carbons (Fsp3) is 0.154. The molecule has 0 saturated heterocycles. The molecule has 5 nitrogen and oxygen atoms in total. The normalized spacial score (nSPS) is 14.6. The number of aromatic nitrogens is 1. The Hall–Kier alpha value is -2.08. The van der Waals surface area contributed by atoms with E-state index in [1.165, 1.54) is 10.5 Å². The Labute approximate surface area is 111 Å². The molecule has 0 fully saturated rings. The van der Waals surface area contributed by atoms with Crippen LogP contribution in [0.3, 0.4) is 0 Å². The SMILES string of the molecule is O=S(=O)(c1cccnc1)N1CCOc2ccccc21. The van der Waals surface area contributed by atoms with Crippen molar-refractivity contribution < 1.29 is 13.2 Å². The Balaban J connectivity index is 2.09. The standard InChI is InChI=1S/C13H12N2O3S/c16-19(17,11-4-3-7-14-10-11)15-8-9-18-13-6-2-1-5-12(13)15/h1-7,10H,8-9H2. The number of hydrogen-bond acceptors (Lipinski definition) is 4. The van der Waals surface area contributed by atoms with Gasteiger partial charge in [-0.05, 0) is 24.3 Å². The van der Waals surface area contributed by atoms with Gasteiger partial charge in [-0.2, -0.15) is 0 Å². The first-order valence-corrected chi connectivity index (χ1v) is 7.28. The Morgan fingerprint density at radius 3 is 2.79 bits per heavy atom. The molecule has 98 valence electrons. The molecule has 1 aliphatic heterocycles. The van der Waals surface area contributed by atoms with E-state index in [4.69, 9.17) is 4.74 Å². The van der Waals surface area contributed by atoms with E-state index in [-0.39, 0.29) is 4.90 Å². The van der Waals surface area contributed by atoms with Crippen LogP contribution in [0.4, 0.5) is 5.69 Å². The molecule has 2 heterocycles. The minimum Gasteiger partial charge on any atom is -0.489 e. The Morgan fingerprint density at radius 1 is 1.16 bits per heavy atom. The van der Waals surface area contributed by atoms with Gasteiger partial charge in [0.25, 0.3) is 10.0 Å². The van der Waals surface area contributed by atoms with Gasteiger partial charge >= 0.3 is 0 Å². The summed E-state index contributed by atoms with van der Waals surface area (Å²) in [5, 5.41) is 0. The summed E-state index contributed by atoms with van der Waals surface area (Å²) in [6, 6.07) is 10.3. The smallest absolute Gasteiger partial charge is 0.266 e. The monoisotopic (exact) mass is 276 g/mol. The highest BCUT2D eigenvalue weighted by Crippen LogP contribution is 2.34. The molecule has 1 aromatic heterocycles. The molecule has 0 saturated carbocycles. The number of benzene rings is 1. The summed E-state index contributed by atoms with van der Waals surface area (Å²) in [7, 11) is -3.58. The van der Waals surface area contributed by atoms with E-state index in [1.807, 2.05) is 6.07 Å². The Kier molecular flexibility index (Phi) is 2.87. The predicted octanol–water partition coefficient (Wildman–Crippen LogP) is 1.67. The van der Waals surface area contributed by atoms with E-state index in [9.17, 15) is 8.42 Å². The zero-order valence-electron chi connectivity index (χ0n) is 10.1. The number of fused-ring (bicyclic) bond motifs is 1. The summed E-state index contributed by atoms with van der Waals surface area (Å²) in [6.45, 7) is 0.644. The average molecular weight is 276 g/mol. The topological polar surface area (TPSA) is 59.5 Å². The molecule has 0 amide bonds. The van der Waals surface area contributed by atoms with Crippen molar-refractivity contribution in [3.05, 3.63) is 48.8 Å². The fourth-order valence-electron chi connectivity index (χ4n) is 2.02. The first kappa shape index (κ1) is 12.0. The van der Waals surface area contributed by atoms with Gasteiger partial charge in [-0.15, -0.1) is 0 Å². The van der Waals surface area contributed by atoms with Crippen molar-refractivity contribution in [2.24, 2.45) is 0 Å². The second-order valence-corrected chi connectivity index (χ2v) is 5.94. The van der Waals surface area contributed by atoms with Crippen LogP contribution in [0.2, 0.25) is 0 Å². The van der Waals surface area contributed by atoms with Crippen LogP contribution in [0, 0.1) is 0 Å². The minimum atomic E-state index is -3.58. The van der Waals surface area contributed by atoms with Crippen LogP contribution in [0.1, 0.15) is 0 Å². The van der Waals surface area contributed by atoms with Crippen molar-refractivity contribution in [1.82, 2.24) is 4.98 Å². The van der Waals surface area contributed by atoms with Crippen LogP contribution in [0.25, 0.3) is 0 Å². The van der Waals surface area contributed by atoms with E-state index in [1.54, 1.807) is 36.5 Å². The highest BCUT2D eigenvalue weighted by atomic mass is 32.2. The molecule has 0 unspecified atom stereocenters. The summed E-state index contributed by atoms with van der Waals surface area (Å²) in [6.07, 6.45) is 2.90. The van der Waals surface area contributed by atoms with Gasteiger partial charge in [0.05, 0.1) is 12.2 Å². The lowest BCUT2D eigenvalue weighted by Gasteiger charge is -2.30. The van der Waals surface area contributed by atoms with Crippen molar-refractivity contribution in [2.45, 2.75) is 4.90 Å². The van der Waals surface area contributed by atoms with E-state index < -0.39 is 10.0 Å². The van der Waals surface area contributed by atoms with Gasteiger partial charge < -0.3 is 4.74 Å². The zero-order valence-corrected chi connectivity index (χ0v) is 10.9. The lowest BCUT2D eigenvalue weighted by molar-refractivity contribution is 0.316. The number of hydrogen-bond donors (Lipinski definition) is 0. The van der Waals surface area contributed by atoms with Crippen molar-refractivity contribution >= 4 is 15.7 Å². The van der Waals surface area contributed by atoms with Crippen molar-refractivity contribution in [3.8, 4) is 5.75 Å². The maximum Gasteiger partial charge on any atom is 0.266 e. The van der Waals surface area contributed by atoms with Crippen LogP contribution in [-0.2, 0) is 10.0 Å². The van der Waals surface area contributed by atoms with Crippen LogP contribution in [0.15, 0.2) is 53.7 Å².